The molecule has 0 aliphatic carbocycles. The Hall–Kier alpha value is -2.28. The molecule has 1 heterocycles. The SMILES string of the molecule is CC(C)(C)C1NNCC1CNCc1cccc(NC(=O)c2ccc(F)cc2)c1. The van der Waals surface area contributed by atoms with Crippen LogP contribution >= 0.6 is 0 Å². The number of nitrogens with one attached hydrogen (secondary N) is 4. The number of halogens is 1. The van der Waals surface area contributed by atoms with Gasteiger partial charge in [0.05, 0.1) is 0 Å². The van der Waals surface area contributed by atoms with Crippen LogP contribution in [0.2, 0.25) is 0 Å². The molecule has 3 rings (SSSR count). The molecule has 1 amide bonds. The molecular weight excluding hydrogens is 355 g/mol. The van der Waals surface area contributed by atoms with E-state index in [2.05, 4.69) is 42.3 Å². The van der Waals surface area contributed by atoms with Crippen LogP contribution in [-0.4, -0.2) is 25.0 Å². The molecule has 0 aromatic heterocycles. The van der Waals surface area contributed by atoms with Gasteiger partial charge in [-0.15, -0.1) is 0 Å². The quantitative estimate of drug-likeness (QED) is 0.617. The lowest BCUT2D eigenvalue weighted by molar-refractivity contribution is 0.102. The molecule has 1 saturated heterocycles. The van der Waals surface area contributed by atoms with Crippen molar-refractivity contribution in [2.75, 3.05) is 18.4 Å². The minimum atomic E-state index is -0.356. The predicted octanol–water partition coefficient (Wildman–Crippen LogP) is 3.31. The van der Waals surface area contributed by atoms with Crippen LogP contribution in [0.25, 0.3) is 0 Å². The summed E-state index contributed by atoms with van der Waals surface area (Å²) in [6, 6.07) is 13.7. The van der Waals surface area contributed by atoms with Crippen LogP contribution in [0.15, 0.2) is 48.5 Å². The highest BCUT2D eigenvalue weighted by atomic mass is 19.1. The predicted molar refractivity (Wildman–Crippen MR) is 110 cm³/mol. The third-order valence-electron chi connectivity index (χ3n) is 5.05. The lowest BCUT2D eigenvalue weighted by Gasteiger charge is -2.31. The highest BCUT2D eigenvalue weighted by Crippen LogP contribution is 2.27. The van der Waals surface area contributed by atoms with Crippen LogP contribution in [0.4, 0.5) is 10.1 Å². The molecule has 0 bridgehead atoms. The van der Waals surface area contributed by atoms with E-state index in [0.29, 0.717) is 17.5 Å². The number of amides is 1. The van der Waals surface area contributed by atoms with Gasteiger partial charge in [0.1, 0.15) is 5.82 Å². The van der Waals surface area contributed by atoms with Crippen molar-refractivity contribution in [3.05, 3.63) is 65.5 Å². The average Bonchev–Trinajstić information content (AvgIpc) is 3.12. The van der Waals surface area contributed by atoms with Gasteiger partial charge in [0, 0.05) is 42.8 Å². The standard InChI is InChI=1S/C22H29FN4O/c1-22(2,3)20-17(14-25-27-20)13-24-12-15-5-4-6-19(11-15)26-21(28)16-7-9-18(23)10-8-16/h4-11,17,20,24-25,27H,12-14H2,1-3H3,(H,26,28). The summed E-state index contributed by atoms with van der Waals surface area (Å²) in [5.41, 5.74) is 9.10. The summed E-state index contributed by atoms with van der Waals surface area (Å²) < 4.78 is 13.0. The van der Waals surface area contributed by atoms with Gasteiger partial charge in [-0.3, -0.25) is 15.6 Å². The Morgan fingerprint density at radius 1 is 1.18 bits per heavy atom. The summed E-state index contributed by atoms with van der Waals surface area (Å²) in [6.45, 7) is 9.33. The van der Waals surface area contributed by atoms with E-state index in [4.69, 9.17) is 0 Å². The maximum Gasteiger partial charge on any atom is 0.255 e. The fourth-order valence-corrected chi connectivity index (χ4v) is 3.61. The first kappa shape index (κ1) is 20.5. The largest absolute Gasteiger partial charge is 0.322 e. The Labute approximate surface area is 166 Å². The summed E-state index contributed by atoms with van der Waals surface area (Å²) in [4.78, 5) is 12.3. The fourth-order valence-electron chi connectivity index (χ4n) is 3.61. The lowest BCUT2D eigenvalue weighted by atomic mass is 9.80. The van der Waals surface area contributed by atoms with Gasteiger partial charge in [-0.1, -0.05) is 32.9 Å². The van der Waals surface area contributed by atoms with E-state index in [9.17, 15) is 9.18 Å². The molecule has 1 aliphatic heterocycles. The fraction of sp³-hybridized carbons (Fsp3) is 0.409. The second kappa shape index (κ2) is 8.82. The van der Waals surface area contributed by atoms with Gasteiger partial charge in [-0.25, -0.2) is 4.39 Å². The van der Waals surface area contributed by atoms with Gasteiger partial charge >= 0.3 is 0 Å². The van der Waals surface area contributed by atoms with Crippen molar-refractivity contribution in [2.45, 2.75) is 33.4 Å². The molecule has 0 radical (unpaired) electrons. The Bertz CT molecular complexity index is 801. The third-order valence-corrected chi connectivity index (χ3v) is 5.05. The van der Waals surface area contributed by atoms with E-state index in [1.807, 2.05) is 24.3 Å². The normalized spacial score (nSPS) is 19.6. The molecule has 2 aromatic rings. The molecule has 28 heavy (non-hydrogen) atoms. The molecule has 0 saturated carbocycles. The minimum absolute atomic E-state index is 0.195. The second-order valence-electron chi connectivity index (χ2n) is 8.42. The monoisotopic (exact) mass is 384 g/mol. The van der Waals surface area contributed by atoms with Crippen LogP contribution in [0.3, 0.4) is 0 Å². The smallest absolute Gasteiger partial charge is 0.255 e. The number of hydrazine groups is 1. The Balaban J connectivity index is 1.53. The second-order valence-corrected chi connectivity index (χ2v) is 8.42. The van der Waals surface area contributed by atoms with Gasteiger partial charge in [0.2, 0.25) is 0 Å². The molecule has 1 aliphatic rings. The Morgan fingerprint density at radius 2 is 1.93 bits per heavy atom. The summed E-state index contributed by atoms with van der Waals surface area (Å²) in [6.07, 6.45) is 0. The van der Waals surface area contributed by atoms with Crippen LogP contribution in [0, 0.1) is 17.2 Å². The summed E-state index contributed by atoms with van der Waals surface area (Å²) in [5, 5.41) is 6.40. The number of carbonyl (C=O) groups is 1. The highest BCUT2D eigenvalue weighted by molar-refractivity contribution is 6.04. The van der Waals surface area contributed by atoms with Crippen molar-refractivity contribution >= 4 is 11.6 Å². The Kier molecular flexibility index (Phi) is 6.44. The zero-order valence-corrected chi connectivity index (χ0v) is 16.7. The maximum atomic E-state index is 13.0. The molecule has 6 heteroatoms. The molecule has 2 unspecified atom stereocenters. The van der Waals surface area contributed by atoms with E-state index in [0.717, 1.165) is 30.9 Å². The van der Waals surface area contributed by atoms with Crippen molar-refractivity contribution in [3.8, 4) is 0 Å². The molecule has 150 valence electrons. The molecule has 5 nitrogen and oxygen atoms in total. The zero-order valence-electron chi connectivity index (χ0n) is 16.7. The zero-order chi connectivity index (χ0) is 20.1. The number of rotatable bonds is 6. The van der Waals surface area contributed by atoms with Gasteiger partial charge in [-0.05, 0) is 47.4 Å². The number of hydrogen-bond acceptors (Lipinski definition) is 4. The highest BCUT2D eigenvalue weighted by Gasteiger charge is 2.35. The number of benzene rings is 2. The van der Waals surface area contributed by atoms with Gasteiger partial charge in [0.25, 0.3) is 5.91 Å². The first-order chi connectivity index (χ1) is 13.3. The van der Waals surface area contributed by atoms with Crippen LogP contribution < -0.4 is 21.5 Å². The van der Waals surface area contributed by atoms with Crippen molar-refractivity contribution in [1.82, 2.24) is 16.2 Å². The van der Waals surface area contributed by atoms with Gasteiger partial charge < -0.3 is 10.6 Å². The first-order valence-corrected chi connectivity index (χ1v) is 9.68. The van der Waals surface area contributed by atoms with Crippen molar-refractivity contribution in [2.24, 2.45) is 11.3 Å². The van der Waals surface area contributed by atoms with Gasteiger partial charge in [-0.2, -0.15) is 0 Å². The van der Waals surface area contributed by atoms with E-state index < -0.39 is 0 Å². The topological polar surface area (TPSA) is 65.2 Å². The molecule has 0 spiro atoms. The van der Waals surface area contributed by atoms with Crippen LogP contribution in [-0.2, 0) is 6.54 Å². The molecule has 2 aromatic carbocycles. The minimum Gasteiger partial charge on any atom is -0.322 e. The van der Waals surface area contributed by atoms with E-state index in [1.54, 1.807) is 0 Å². The molecule has 4 N–H and O–H groups in total. The van der Waals surface area contributed by atoms with Crippen molar-refractivity contribution in [3.63, 3.8) is 0 Å². The van der Waals surface area contributed by atoms with Crippen LogP contribution in [0.5, 0.6) is 0 Å². The molecule has 1 fully saturated rings. The van der Waals surface area contributed by atoms with Crippen LogP contribution in [0.1, 0.15) is 36.7 Å². The number of anilines is 1. The molecule has 2 atom stereocenters. The number of hydrogen-bond donors (Lipinski definition) is 4. The summed E-state index contributed by atoms with van der Waals surface area (Å²) in [7, 11) is 0. The van der Waals surface area contributed by atoms with Crippen molar-refractivity contribution < 1.29 is 9.18 Å². The summed E-state index contributed by atoms with van der Waals surface area (Å²) >= 11 is 0. The first-order valence-electron chi connectivity index (χ1n) is 9.68. The summed E-state index contributed by atoms with van der Waals surface area (Å²) in [5.74, 6) is -0.0893. The van der Waals surface area contributed by atoms with E-state index in [-0.39, 0.29) is 17.1 Å². The maximum absolute atomic E-state index is 13.0. The number of carbonyl (C=O) groups excluding carboxylic acids is 1. The average molecular weight is 384 g/mol. The lowest BCUT2D eigenvalue weighted by Crippen LogP contribution is -2.44. The van der Waals surface area contributed by atoms with E-state index in [1.165, 1.54) is 24.3 Å². The third kappa shape index (κ3) is 5.38. The van der Waals surface area contributed by atoms with Gasteiger partial charge in [0.15, 0.2) is 0 Å². The molecular formula is C22H29FN4O. The van der Waals surface area contributed by atoms with E-state index >= 15 is 0 Å². The Morgan fingerprint density at radius 3 is 2.64 bits per heavy atom. The van der Waals surface area contributed by atoms with Crippen molar-refractivity contribution in [1.29, 1.82) is 0 Å².